The van der Waals surface area contributed by atoms with Gasteiger partial charge in [-0.05, 0) is 68.1 Å². The molecule has 0 radical (unpaired) electrons. The summed E-state index contributed by atoms with van der Waals surface area (Å²) in [6.45, 7) is 14.5. The number of carbonyl (C=O) groups excluding carboxylic acids is 2. The van der Waals surface area contributed by atoms with Crippen molar-refractivity contribution < 1.29 is 9.59 Å². The van der Waals surface area contributed by atoms with Crippen molar-refractivity contribution in [2.45, 2.75) is 51.1 Å². The van der Waals surface area contributed by atoms with Crippen LogP contribution in [-0.2, 0) is 4.79 Å². The van der Waals surface area contributed by atoms with Crippen molar-refractivity contribution in [3.05, 3.63) is 103 Å². The monoisotopic (exact) mass is 535 g/mol. The molecule has 2 aliphatic heterocycles. The van der Waals surface area contributed by atoms with Gasteiger partial charge >= 0.3 is 0 Å². The molecule has 7 nitrogen and oxygen atoms in total. The van der Waals surface area contributed by atoms with Crippen LogP contribution in [0.25, 0.3) is 5.57 Å². The normalized spacial score (nSPS) is 18.1. The standard InChI is InChI=1S/C33H37N5O2/c1-5-24(20-34-6-2)8-7-17-35-33(40)28-18-27(14-11-25-9-12-26(13-10-25)23(3)4)32(37-21-28)38-29-15-16-30(38)22-36-31(39)19-29/h5-6,9-10,12-13,18,20-21,29-30,34H,1-3,7-8,15-17,19,22H2,4H3,(H,35,40)(H,36,39)/b24-20+. The number of amides is 2. The van der Waals surface area contributed by atoms with E-state index in [1.807, 2.05) is 43.5 Å². The highest BCUT2D eigenvalue weighted by Gasteiger charge is 2.39. The number of nitrogens with one attached hydrogen (secondary N) is 3. The Morgan fingerprint density at radius 2 is 1.95 bits per heavy atom. The fourth-order valence-corrected chi connectivity index (χ4v) is 5.08. The number of nitrogens with zero attached hydrogens (tertiary/aromatic N) is 2. The maximum atomic E-state index is 13.0. The second-order valence-corrected chi connectivity index (χ2v) is 10.2. The molecule has 2 amide bonds. The molecule has 2 aliphatic rings. The van der Waals surface area contributed by atoms with E-state index in [9.17, 15) is 9.59 Å². The molecule has 0 saturated carbocycles. The van der Waals surface area contributed by atoms with Crippen LogP contribution in [0.5, 0.6) is 0 Å². The van der Waals surface area contributed by atoms with Crippen LogP contribution >= 0.6 is 0 Å². The molecule has 7 heteroatoms. The third-order valence-electron chi connectivity index (χ3n) is 7.24. The Kier molecular flexibility index (Phi) is 9.58. The highest BCUT2D eigenvalue weighted by atomic mass is 16.2. The summed E-state index contributed by atoms with van der Waals surface area (Å²) in [5.74, 6) is 7.12. The van der Waals surface area contributed by atoms with Gasteiger partial charge in [0.25, 0.3) is 5.91 Å². The number of pyridine rings is 1. The highest BCUT2D eigenvalue weighted by Crippen LogP contribution is 2.34. The van der Waals surface area contributed by atoms with Crippen LogP contribution in [0.4, 0.5) is 5.82 Å². The summed E-state index contributed by atoms with van der Waals surface area (Å²) >= 11 is 0. The molecule has 2 fully saturated rings. The number of allylic oxidation sites excluding steroid dienone is 3. The lowest BCUT2D eigenvalue weighted by atomic mass is 10.1. The molecule has 3 N–H and O–H groups in total. The molecule has 2 unspecified atom stereocenters. The Morgan fingerprint density at radius 1 is 1.18 bits per heavy atom. The fraction of sp³-hybridized carbons (Fsp3) is 0.303. The van der Waals surface area contributed by atoms with E-state index in [2.05, 4.69) is 52.4 Å². The lowest BCUT2D eigenvalue weighted by Crippen LogP contribution is -2.39. The Hall–Kier alpha value is -4.57. The third-order valence-corrected chi connectivity index (χ3v) is 7.24. The predicted octanol–water partition coefficient (Wildman–Crippen LogP) is 4.68. The van der Waals surface area contributed by atoms with Crippen LogP contribution in [-0.4, -0.2) is 42.0 Å². The van der Waals surface area contributed by atoms with E-state index in [1.54, 1.807) is 18.5 Å². The summed E-state index contributed by atoms with van der Waals surface area (Å²) in [5, 5.41) is 8.96. The highest BCUT2D eigenvalue weighted by molar-refractivity contribution is 5.94. The zero-order chi connectivity index (χ0) is 28.5. The SMILES string of the molecule is C=CN/C=C(\C=C)CCCNC(=O)c1cnc(N2C3CCC2CC(=O)NC3)c(C#Cc2ccc(C(=C)C)cc2)c1. The van der Waals surface area contributed by atoms with E-state index in [-0.39, 0.29) is 23.9 Å². The molecule has 0 spiro atoms. The van der Waals surface area contributed by atoms with Gasteiger partial charge in [-0.15, -0.1) is 0 Å². The molecule has 1 aromatic carbocycles. The second kappa shape index (κ2) is 13.5. The predicted molar refractivity (Wildman–Crippen MR) is 161 cm³/mol. The molecule has 3 heterocycles. The van der Waals surface area contributed by atoms with E-state index < -0.39 is 0 Å². The van der Waals surface area contributed by atoms with Crippen molar-refractivity contribution in [3.63, 3.8) is 0 Å². The topological polar surface area (TPSA) is 86.4 Å². The molecule has 2 bridgehead atoms. The molecule has 0 aliphatic carbocycles. The van der Waals surface area contributed by atoms with Crippen LogP contribution in [0.1, 0.15) is 66.1 Å². The van der Waals surface area contributed by atoms with E-state index >= 15 is 0 Å². The summed E-state index contributed by atoms with van der Waals surface area (Å²) in [6, 6.07) is 9.98. The Morgan fingerprint density at radius 3 is 2.67 bits per heavy atom. The maximum Gasteiger partial charge on any atom is 0.252 e. The van der Waals surface area contributed by atoms with E-state index in [4.69, 9.17) is 4.98 Å². The van der Waals surface area contributed by atoms with Crippen molar-refractivity contribution in [2.75, 3.05) is 18.0 Å². The Labute approximate surface area is 237 Å². The van der Waals surface area contributed by atoms with Gasteiger partial charge in [0.05, 0.1) is 11.1 Å². The second-order valence-electron chi connectivity index (χ2n) is 10.2. The molecule has 2 saturated heterocycles. The average molecular weight is 536 g/mol. The van der Waals surface area contributed by atoms with Crippen molar-refractivity contribution in [3.8, 4) is 11.8 Å². The van der Waals surface area contributed by atoms with Gasteiger partial charge in [-0.1, -0.05) is 55.4 Å². The Bertz CT molecular complexity index is 1380. The first-order chi connectivity index (χ1) is 19.4. The van der Waals surface area contributed by atoms with Crippen molar-refractivity contribution in [1.82, 2.24) is 20.9 Å². The Balaban J connectivity index is 1.57. The number of rotatable bonds is 10. The molecule has 2 atom stereocenters. The maximum absolute atomic E-state index is 13.0. The minimum atomic E-state index is -0.197. The number of anilines is 1. The van der Waals surface area contributed by atoms with Crippen LogP contribution in [0.15, 0.2) is 80.3 Å². The number of fused-ring (bicyclic) bond motifs is 2. The lowest BCUT2D eigenvalue weighted by Gasteiger charge is -2.29. The van der Waals surface area contributed by atoms with Crippen molar-refractivity contribution in [2.24, 2.45) is 0 Å². The third kappa shape index (κ3) is 7.09. The average Bonchev–Trinajstić information content (AvgIpc) is 3.27. The summed E-state index contributed by atoms with van der Waals surface area (Å²) < 4.78 is 0. The van der Waals surface area contributed by atoms with Crippen LogP contribution in [0.3, 0.4) is 0 Å². The van der Waals surface area contributed by atoms with Crippen LogP contribution in [0, 0.1) is 11.8 Å². The van der Waals surface area contributed by atoms with Gasteiger partial charge < -0.3 is 20.9 Å². The van der Waals surface area contributed by atoms with Crippen LogP contribution < -0.4 is 20.9 Å². The largest absolute Gasteiger partial charge is 0.368 e. The summed E-state index contributed by atoms with van der Waals surface area (Å²) in [5.41, 5.74) is 5.09. The minimum absolute atomic E-state index is 0.0631. The van der Waals surface area contributed by atoms with Crippen molar-refractivity contribution in [1.29, 1.82) is 0 Å². The molecule has 40 heavy (non-hydrogen) atoms. The summed E-state index contributed by atoms with van der Waals surface area (Å²) in [6.07, 6.45) is 10.7. The molecule has 1 aromatic heterocycles. The molecular weight excluding hydrogens is 498 g/mol. The zero-order valence-electron chi connectivity index (χ0n) is 23.1. The zero-order valence-corrected chi connectivity index (χ0v) is 23.1. The van der Waals surface area contributed by atoms with Gasteiger partial charge in [-0.3, -0.25) is 9.59 Å². The van der Waals surface area contributed by atoms with Gasteiger partial charge in [0.1, 0.15) is 5.82 Å². The number of hydrogen-bond acceptors (Lipinski definition) is 5. The first-order valence-electron chi connectivity index (χ1n) is 13.7. The molecule has 4 rings (SSSR count). The first kappa shape index (κ1) is 28.4. The van der Waals surface area contributed by atoms with Gasteiger partial charge in [0.2, 0.25) is 5.91 Å². The number of carbonyl (C=O) groups is 2. The number of benzene rings is 1. The smallest absolute Gasteiger partial charge is 0.252 e. The lowest BCUT2D eigenvalue weighted by molar-refractivity contribution is -0.121. The van der Waals surface area contributed by atoms with E-state index in [0.717, 1.165) is 53.8 Å². The number of aromatic nitrogens is 1. The first-order valence-corrected chi connectivity index (χ1v) is 13.7. The molecular formula is C33H37N5O2. The van der Waals surface area contributed by atoms with Gasteiger partial charge in [-0.25, -0.2) is 4.98 Å². The molecule has 2 aromatic rings. The number of hydrogen-bond donors (Lipinski definition) is 3. The minimum Gasteiger partial charge on any atom is -0.368 e. The van der Waals surface area contributed by atoms with Gasteiger partial charge in [0.15, 0.2) is 0 Å². The van der Waals surface area contributed by atoms with Gasteiger partial charge in [0, 0.05) is 49.6 Å². The summed E-state index contributed by atoms with van der Waals surface area (Å²) in [7, 11) is 0. The van der Waals surface area contributed by atoms with Crippen LogP contribution in [0.2, 0.25) is 0 Å². The quantitative estimate of drug-likeness (QED) is 0.234. The van der Waals surface area contributed by atoms with Crippen molar-refractivity contribution >= 4 is 23.2 Å². The summed E-state index contributed by atoms with van der Waals surface area (Å²) in [4.78, 5) is 32.3. The van der Waals surface area contributed by atoms with E-state index in [1.165, 1.54) is 0 Å². The van der Waals surface area contributed by atoms with Gasteiger partial charge in [-0.2, -0.15) is 0 Å². The molecule has 206 valence electrons. The van der Waals surface area contributed by atoms with E-state index in [0.29, 0.717) is 30.6 Å². The fourth-order valence-electron chi connectivity index (χ4n) is 5.08.